The third kappa shape index (κ3) is 3.80. The summed E-state index contributed by atoms with van der Waals surface area (Å²) >= 11 is 0. The normalized spacial score (nSPS) is 11.0. The fourth-order valence-corrected chi connectivity index (χ4v) is 3.18. The lowest BCUT2D eigenvalue weighted by molar-refractivity contribution is -0.114. The quantitative estimate of drug-likeness (QED) is 0.863. The summed E-state index contributed by atoms with van der Waals surface area (Å²) in [5.74, 6) is -2.57. The number of benzene rings is 2. The number of nitrogens with one attached hydrogen (secondary N) is 2. The summed E-state index contributed by atoms with van der Waals surface area (Å²) in [6.07, 6.45) is 0. The summed E-state index contributed by atoms with van der Waals surface area (Å²) in [6.45, 7) is 1.30. The van der Waals surface area contributed by atoms with E-state index in [0.29, 0.717) is 5.69 Å². The number of ether oxygens (including phenoxy) is 1. The summed E-state index contributed by atoms with van der Waals surface area (Å²) in [5, 5.41) is 2.50. The van der Waals surface area contributed by atoms with Crippen molar-refractivity contribution in [3.63, 3.8) is 0 Å². The molecule has 0 fully saturated rings. The molecule has 0 aliphatic rings. The number of hydrogen-bond acceptors (Lipinski definition) is 4. The number of rotatable bonds is 5. The van der Waals surface area contributed by atoms with E-state index in [-0.39, 0.29) is 17.3 Å². The minimum Gasteiger partial charge on any atom is -0.494 e. The molecule has 9 heteroatoms. The van der Waals surface area contributed by atoms with Crippen LogP contribution in [0.4, 0.5) is 20.2 Å². The fraction of sp³-hybridized carbons (Fsp3) is 0.133. The molecule has 0 bridgehead atoms. The van der Waals surface area contributed by atoms with Gasteiger partial charge in [0.15, 0.2) is 4.90 Å². The van der Waals surface area contributed by atoms with Gasteiger partial charge in [-0.1, -0.05) is 6.07 Å². The number of amides is 1. The van der Waals surface area contributed by atoms with Crippen LogP contribution in [0.3, 0.4) is 0 Å². The Balaban J connectivity index is 2.38. The van der Waals surface area contributed by atoms with Gasteiger partial charge in [0.1, 0.15) is 17.4 Å². The van der Waals surface area contributed by atoms with Gasteiger partial charge in [-0.25, -0.2) is 17.2 Å². The Morgan fingerprint density at radius 1 is 1.12 bits per heavy atom. The first-order valence-electron chi connectivity index (χ1n) is 6.67. The molecule has 2 aromatic carbocycles. The first-order chi connectivity index (χ1) is 11.2. The van der Waals surface area contributed by atoms with Gasteiger partial charge in [-0.2, -0.15) is 0 Å². The maximum atomic E-state index is 13.7. The average molecular weight is 356 g/mol. The van der Waals surface area contributed by atoms with E-state index in [9.17, 15) is 22.0 Å². The molecule has 0 unspecified atom stereocenters. The molecule has 2 N–H and O–H groups in total. The van der Waals surface area contributed by atoms with Crippen LogP contribution in [0.5, 0.6) is 5.75 Å². The van der Waals surface area contributed by atoms with Crippen LogP contribution in [0.15, 0.2) is 41.3 Å². The molecule has 24 heavy (non-hydrogen) atoms. The first-order valence-corrected chi connectivity index (χ1v) is 8.15. The summed E-state index contributed by atoms with van der Waals surface area (Å²) in [4.78, 5) is 10.0. The molecule has 0 spiro atoms. The minimum absolute atomic E-state index is 0.0172. The average Bonchev–Trinajstić information content (AvgIpc) is 2.47. The molecule has 0 aromatic heterocycles. The highest BCUT2D eigenvalue weighted by molar-refractivity contribution is 7.92. The predicted octanol–water partition coefficient (Wildman–Crippen LogP) is 2.73. The van der Waals surface area contributed by atoms with Gasteiger partial charge in [-0.05, 0) is 24.3 Å². The van der Waals surface area contributed by atoms with Crippen molar-refractivity contribution in [3.05, 3.63) is 48.0 Å². The van der Waals surface area contributed by atoms with Crippen molar-refractivity contribution in [3.8, 4) is 5.75 Å². The van der Waals surface area contributed by atoms with Crippen molar-refractivity contribution in [2.45, 2.75) is 11.8 Å². The molecule has 6 nitrogen and oxygen atoms in total. The molecule has 0 radical (unpaired) electrons. The number of carbonyl (C=O) groups is 1. The van der Waals surface area contributed by atoms with Crippen LogP contribution in [0.25, 0.3) is 0 Å². The molecule has 1 amide bonds. The van der Waals surface area contributed by atoms with Gasteiger partial charge in [0.2, 0.25) is 5.91 Å². The molecule has 0 aliphatic carbocycles. The van der Waals surface area contributed by atoms with Gasteiger partial charge in [0, 0.05) is 13.0 Å². The molecule has 2 aromatic rings. The van der Waals surface area contributed by atoms with E-state index in [1.807, 2.05) is 0 Å². The van der Waals surface area contributed by atoms with Gasteiger partial charge in [0.05, 0.1) is 18.5 Å². The van der Waals surface area contributed by atoms with Gasteiger partial charge in [-0.15, -0.1) is 0 Å². The second kappa shape index (κ2) is 6.83. The van der Waals surface area contributed by atoms with E-state index in [2.05, 4.69) is 10.0 Å². The number of anilines is 2. The van der Waals surface area contributed by atoms with Gasteiger partial charge < -0.3 is 10.1 Å². The third-order valence-corrected chi connectivity index (χ3v) is 4.38. The van der Waals surface area contributed by atoms with E-state index in [4.69, 9.17) is 4.74 Å². The summed E-state index contributed by atoms with van der Waals surface area (Å²) < 4.78 is 58.9. The van der Waals surface area contributed by atoms with Gasteiger partial charge in [0.25, 0.3) is 10.0 Å². The van der Waals surface area contributed by atoms with E-state index in [0.717, 1.165) is 18.2 Å². The minimum atomic E-state index is -4.48. The molecule has 0 atom stereocenters. The van der Waals surface area contributed by atoms with Crippen molar-refractivity contribution in [2.24, 2.45) is 0 Å². The lowest BCUT2D eigenvalue weighted by Gasteiger charge is -2.13. The van der Waals surface area contributed by atoms with Gasteiger partial charge >= 0.3 is 0 Å². The van der Waals surface area contributed by atoms with Crippen LogP contribution in [-0.4, -0.2) is 21.4 Å². The van der Waals surface area contributed by atoms with Crippen molar-refractivity contribution in [2.75, 3.05) is 17.1 Å². The molecule has 0 aliphatic heterocycles. The molecule has 0 saturated heterocycles. The van der Waals surface area contributed by atoms with E-state index in [1.165, 1.54) is 32.2 Å². The second-order valence-corrected chi connectivity index (χ2v) is 6.37. The predicted molar refractivity (Wildman–Crippen MR) is 84.5 cm³/mol. The SMILES string of the molecule is COc1cc(NS(=O)(=O)c2c(F)cccc2F)ccc1NC(C)=O. The van der Waals surface area contributed by atoms with Crippen molar-refractivity contribution in [1.82, 2.24) is 0 Å². The zero-order chi connectivity index (χ0) is 17.9. The standard InChI is InChI=1S/C15H14F2N2O4S/c1-9(20)18-13-7-6-10(8-14(13)23-2)19-24(21,22)15-11(16)4-3-5-12(15)17/h3-8,19H,1-2H3,(H,18,20). The molecule has 0 heterocycles. The number of halogens is 2. The van der Waals surface area contributed by atoms with Crippen molar-refractivity contribution < 1.29 is 26.7 Å². The van der Waals surface area contributed by atoms with Crippen LogP contribution >= 0.6 is 0 Å². The smallest absolute Gasteiger partial charge is 0.267 e. The Hall–Kier alpha value is -2.68. The van der Waals surface area contributed by atoms with E-state index < -0.39 is 26.6 Å². The van der Waals surface area contributed by atoms with Crippen LogP contribution in [-0.2, 0) is 14.8 Å². The highest BCUT2D eigenvalue weighted by Gasteiger charge is 2.24. The zero-order valence-electron chi connectivity index (χ0n) is 12.8. The van der Waals surface area contributed by atoms with Crippen molar-refractivity contribution in [1.29, 1.82) is 0 Å². The first kappa shape index (κ1) is 17.7. The Kier molecular flexibility index (Phi) is 5.03. The van der Waals surface area contributed by atoms with Gasteiger partial charge in [-0.3, -0.25) is 9.52 Å². The number of sulfonamides is 1. The Bertz CT molecular complexity index is 865. The molecule has 128 valence electrons. The van der Waals surface area contributed by atoms with Crippen LogP contribution in [0.2, 0.25) is 0 Å². The third-order valence-electron chi connectivity index (χ3n) is 2.95. The lowest BCUT2D eigenvalue weighted by atomic mass is 10.2. The molecular formula is C15H14F2N2O4S. The Labute approximate surface area is 137 Å². The lowest BCUT2D eigenvalue weighted by Crippen LogP contribution is -2.16. The van der Waals surface area contributed by atoms with Crippen LogP contribution < -0.4 is 14.8 Å². The number of carbonyl (C=O) groups excluding carboxylic acids is 1. The Morgan fingerprint density at radius 3 is 2.29 bits per heavy atom. The summed E-state index contributed by atoms with van der Waals surface area (Å²) in [5.41, 5.74) is 0.341. The van der Waals surface area contributed by atoms with Crippen LogP contribution in [0, 0.1) is 11.6 Å². The van der Waals surface area contributed by atoms with Crippen LogP contribution in [0.1, 0.15) is 6.92 Å². The highest BCUT2D eigenvalue weighted by atomic mass is 32.2. The summed E-state index contributed by atoms with van der Waals surface area (Å²) in [6, 6.07) is 6.76. The Morgan fingerprint density at radius 2 is 1.75 bits per heavy atom. The maximum absolute atomic E-state index is 13.7. The highest BCUT2D eigenvalue weighted by Crippen LogP contribution is 2.30. The van der Waals surface area contributed by atoms with E-state index in [1.54, 1.807) is 0 Å². The summed E-state index contributed by atoms with van der Waals surface area (Å²) in [7, 11) is -3.15. The molecule has 2 rings (SSSR count). The molecular weight excluding hydrogens is 342 g/mol. The largest absolute Gasteiger partial charge is 0.494 e. The second-order valence-electron chi connectivity index (χ2n) is 4.75. The number of methoxy groups -OCH3 is 1. The fourth-order valence-electron chi connectivity index (χ4n) is 1.99. The number of hydrogen-bond donors (Lipinski definition) is 2. The topological polar surface area (TPSA) is 84.5 Å². The molecule has 0 saturated carbocycles. The zero-order valence-corrected chi connectivity index (χ0v) is 13.6. The van der Waals surface area contributed by atoms with Crippen molar-refractivity contribution >= 4 is 27.3 Å². The van der Waals surface area contributed by atoms with E-state index >= 15 is 0 Å². The maximum Gasteiger partial charge on any atom is 0.267 e. The monoisotopic (exact) mass is 356 g/mol.